The molecule has 4 heteroatoms. The number of aromatic nitrogens is 2. The van der Waals surface area contributed by atoms with Gasteiger partial charge in [0.15, 0.2) is 0 Å². The molecule has 0 amide bonds. The van der Waals surface area contributed by atoms with E-state index in [1.54, 1.807) is 6.20 Å². The first-order valence-electron chi connectivity index (χ1n) is 8.42. The topological polar surface area (TPSA) is 49.3 Å². The number of hydrogen-bond acceptors (Lipinski definition) is 4. The number of aliphatic hydroxyl groups is 1. The van der Waals surface area contributed by atoms with E-state index in [-0.39, 0.29) is 5.92 Å². The van der Waals surface area contributed by atoms with Crippen molar-refractivity contribution in [2.24, 2.45) is 11.8 Å². The fraction of sp³-hybridized carbons (Fsp3) is 0.474. The molecule has 0 unspecified atom stereocenters. The molecule has 2 aromatic rings. The first kappa shape index (κ1) is 14.8. The van der Waals surface area contributed by atoms with Crippen molar-refractivity contribution < 1.29 is 5.11 Å². The lowest BCUT2D eigenvalue weighted by Gasteiger charge is -2.31. The Balaban J connectivity index is 1.55. The molecular weight excluding hydrogens is 286 g/mol. The first-order chi connectivity index (χ1) is 11.2. The van der Waals surface area contributed by atoms with E-state index in [0.29, 0.717) is 5.92 Å². The van der Waals surface area contributed by atoms with Gasteiger partial charge in [-0.3, -0.25) is 14.9 Å². The number of pyridine rings is 2. The fourth-order valence-corrected chi connectivity index (χ4v) is 4.49. The summed E-state index contributed by atoms with van der Waals surface area (Å²) in [6, 6.07) is 8.14. The summed E-state index contributed by atoms with van der Waals surface area (Å²) in [5.41, 5.74) is 2.52. The molecule has 2 aromatic heterocycles. The van der Waals surface area contributed by atoms with Crippen molar-refractivity contribution >= 4 is 0 Å². The van der Waals surface area contributed by atoms with Gasteiger partial charge in [-0.2, -0.15) is 0 Å². The maximum absolute atomic E-state index is 11.4. The number of hydrogen-bond donors (Lipinski definition) is 1. The van der Waals surface area contributed by atoms with E-state index in [1.807, 2.05) is 18.5 Å². The molecule has 3 heterocycles. The molecular formula is C19H23N3O. The third-order valence-corrected chi connectivity index (χ3v) is 5.60. The highest BCUT2D eigenvalue weighted by molar-refractivity contribution is 5.27. The molecule has 4 rings (SSSR count). The Bertz CT molecular complexity index is 690. The summed E-state index contributed by atoms with van der Waals surface area (Å²) in [4.78, 5) is 11.1. The standard InChI is InChI=1S/C19H23N3O/c1-14-3-2-8-21-18(14)19(23)7-4-16-12-22(13-17(16)19)11-15-5-9-20-10-6-15/h2-3,5-6,8-10,16-17,23H,4,7,11-13H2,1H3/t16-,17+,19-/m0/s1. The van der Waals surface area contributed by atoms with Crippen LogP contribution in [-0.4, -0.2) is 33.1 Å². The van der Waals surface area contributed by atoms with Crippen LogP contribution in [-0.2, 0) is 12.1 Å². The summed E-state index contributed by atoms with van der Waals surface area (Å²) in [6.07, 6.45) is 7.42. The summed E-state index contributed by atoms with van der Waals surface area (Å²) in [5, 5.41) is 11.4. The zero-order chi connectivity index (χ0) is 15.9. The third kappa shape index (κ3) is 2.56. The summed E-state index contributed by atoms with van der Waals surface area (Å²) in [7, 11) is 0. The van der Waals surface area contributed by atoms with Crippen molar-refractivity contribution in [1.29, 1.82) is 0 Å². The van der Waals surface area contributed by atoms with Gasteiger partial charge in [-0.25, -0.2) is 0 Å². The highest BCUT2D eigenvalue weighted by atomic mass is 16.3. The maximum Gasteiger partial charge on any atom is 0.111 e. The van der Waals surface area contributed by atoms with Gasteiger partial charge in [0.05, 0.1) is 5.69 Å². The Hall–Kier alpha value is -1.78. The quantitative estimate of drug-likeness (QED) is 0.946. The van der Waals surface area contributed by atoms with E-state index in [2.05, 4.69) is 40.0 Å². The zero-order valence-electron chi connectivity index (χ0n) is 13.5. The highest BCUT2D eigenvalue weighted by Crippen LogP contribution is 2.50. The zero-order valence-corrected chi connectivity index (χ0v) is 13.5. The molecule has 120 valence electrons. The molecule has 0 bridgehead atoms. The molecule has 1 N–H and O–H groups in total. The minimum Gasteiger partial charge on any atom is -0.383 e. The largest absolute Gasteiger partial charge is 0.383 e. The van der Waals surface area contributed by atoms with Crippen LogP contribution < -0.4 is 0 Å². The van der Waals surface area contributed by atoms with E-state index in [9.17, 15) is 5.11 Å². The van der Waals surface area contributed by atoms with Crippen LogP contribution in [0.3, 0.4) is 0 Å². The van der Waals surface area contributed by atoms with Gasteiger partial charge in [-0.15, -0.1) is 0 Å². The Morgan fingerprint density at radius 3 is 2.83 bits per heavy atom. The third-order valence-electron chi connectivity index (χ3n) is 5.60. The van der Waals surface area contributed by atoms with Gasteiger partial charge in [0, 0.05) is 44.1 Å². The van der Waals surface area contributed by atoms with Gasteiger partial charge in [0.1, 0.15) is 5.60 Å². The molecule has 1 saturated carbocycles. The van der Waals surface area contributed by atoms with Gasteiger partial charge >= 0.3 is 0 Å². The molecule has 1 aliphatic heterocycles. The van der Waals surface area contributed by atoms with Gasteiger partial charge in [0.25, 0.3) is 0 Å². The van der Waals surface area contributed by atoms with Crippen LogP contribution in [0.15, 0.2) is 42.9 Å². The molecule has 0 spiro atoms. The SMILES string of the molecule is Cc1cccnc1[C@]1(O)CC[C@H]2CN(Cc3ccncc3)C[C@H]21. The summed E-state index contributed by atoms with van der Waals surface area (Å²) >= 11 is 0. The minimum atomic E-state index is -0.761. The number of aryl methyl sites for hydroxylation is 1. The average molecular weight is 309 g/mol. The van der Waals surface area contributed by atoms with E-state index in [1.165, 1.54) is 5.56 Å². The lowest BCUT2D eigenvalue weighted by molar-refractivity contribution is -0.0114. The maximum atomic E-state index is 11.4. The van der Waals surface area contributed by atoms with Gasteiger partial charge in [0.2, 0.25) is 0 Å². The summed E-state index contributed by atoms with van der Waals surface area (Å²) in [5.74, 6) is 0.862. The molecule has 0 aromatic carbocycles. The molecule has 1 aliphatic carbocycles. The van der Waals surface area contributed by atoms with Gasteiger partial charge in [-0.1, -0.05) is 6.07 Å². The van der Waals surface area contributed by atoms with Crippen molar-refractivity contribution in [3.63, 3.8) is 0 Å². The summed E-state index contributed by atoms with van der Waals surface area (Å²) in [6.45, 7) is 5.00. The Labute approximate surface area is 137 Å². The normalized spacial score (nSPS) is 30.5. The lowest BCUT2D eigenvalue weighted by atomic mass is 9.83. The van der Waals surface area contributed by atoms with Crippen molar-refractivity contribution in [3.8, 4) is 0 Å². The lowest BCUT2D eigenvalue weighted by Crippen LogP contribution is -2.36. The van der Waals surface area contributed by atoms with E-state index < -0.39 is 5.60 Å². The molecule has 0 radical (unpaired) electrons. The molecule has 1 saturated heterocycles. The van der Waals surface area contributed by atoms with E-state index in [4.69, 9.17) is 0 Å². The second kappa shape index (κ2) is 5.69. The molecule has 4 nitrogen and oxygen atoms in total. The minimum absolute atomic E-state index is 0.290. The van der Waals surface area contributed by atoms with Crippen LogP contribution in [0.25, 0.3) is 0 Å². The smallest absolute Gasteiger partial charge is 0.111 e. The summed E-state index contributed by atoms with van der Waals surface area (Å²) < 4.78 is 0. The second-order valence-corrected chi connectivity index (χ2v) is 7.05. The molecule has 2 aliphatic rings. The highest BCUT2D eigenvalue weighted by Gasteiger charge is 2.53. The molecule has 23 heavy (non-hydrogen) atoms. The number of likely N-dealkylation sites (tertiary alicyclic amines) is 1. The van der Waals surface area contributed by atoms with Crippen LogP contribution in [0.1, 0.15) is 29.7 Å². The number of rotatable bonds is 3. The second-order valence-electron chi connectivity index (χ2n) is 7.05. The predicted octanol–water partition coefficient (Wildman–Crippen LogP) is 2.51. The molecule has 3 atom stereocenters. The van der Waals surface area contributed by atoms with Crippen LogP contribution in [0, 0.1) is 18.8 Å². The Morgan fingerprint density at radius 2 is 2.04 bits per heavy atom. The fourth-order valence-electron chi connectivity index (χ4n) is 4.49. The van der Waals surface area contributed by atoms with Crippen LogP contribution in [0.4, 0.5) is 0 Å². The first-order valence-corrected chi connectivity index (χ1v) is 8.42. The Morgan fingerprint density at radius 1 is 1.22 bits per heavy atom. The number of nitrogens with zero attached hydrogens (tertiary/aromatic N) is 3. The van der Waals surface area contributed by atoms with Gasteiger partial charge in [-0.05, 0) is 55.0 Å². The van der Waals surface area contributed by atoms with E-state index >= 15 is 0 Å². The van der Waals surface area contributed by atoms with E-state index in [0.717, 1.165) is 43.7 Å². The van der Waals surface area contributed by atoms with Crippen LogP contribution in [0.5, 0.6) is 0 Å². The van der Waals surface area contributed by atoms with Crippen molar-refractivity contribution in [2.75, 3.05) is 13.1 Å². The predicted molar refractivity (Wildman–Crippen MR) is 88.6 cm³/mol. The molecule has 2 fully saturated rings. The average Bonchev–Trinajstić information content (AvgIpc) is 3.10. The van der Waals surface area contributed by atoms with Crippen LogP contribution >= 0.6 is 0 Å². The Kier molecular flexibility index (Phi) is 3.66. The monoisotopic (exact) mass is 309 g/mol. The number of fused-ring (bicyclic) bond motifs is 1. The van der Waals surface area contributed by atoms with Crippen LogP contribution in [0.2, 0.25) is 0 Å². The van der Waals surface area contributed by atoms with Gasteiger partial charge < -0.3 is 5.11 Å². The van der Waals surface area contributed by atoms with Crippen molar-refractivity contribution in [1.82, 2.24) is 14.9 Å². The van der Waals surface area contributed by atoms with Crippen molar-refractivity contribution in [2.45, 2.75) is 31.9 Å². The van der Waals surface area contributed by atoms with Crippen molar-refractivity contribution in [3.05, 3.63) is 59.7 Å².